The van der Waals surface area contributed by atoms with Crippen molar-refractivity contribution in [3.05, 3.63) is 48.3 Å². The fourth-order valence-corrected chi connectivity index (χ4v) is 0.551. The van der Waals surface area contributed by atoms with Crippen LogP contribution in [-0.2, 0) is 0 Å². The summed E-state index contributed by atoms with van der Waals surface area (Å²) in [6, 6.07) is 7.94. The molecule has 0 aliphatic heterocycles. The lowest BCUT2D eigenvalue weighted by atomic mass is 10.4. The molecule has 0 heterocycles. The second-order valence-electron chi connectivity index (χ2n) is 2.10. The lowest BCUT2D eigenvalue weighted by molar-refractivity contribution is 0.628. The van der Waals surface area contributed by atoms with Crippen molar-refractivity contribution in [2.45, 2.75) is 6.92 Å². The van der Waals surface area contributed by atoms with Gasteiger partial charge in [-0.25, -0.2) is 4.39 Å². The van der Waals surface area contributed by atoms with Gasteiger partial charge >= 0.3 is 0 Å². The molecule has 0 radical (unpaired) electrons. The van der Waals surface area contributed by atoms with E-state index in [9.17, 15) is 4.39 Å². The Labute approximate surface area is 72.7 Å². The van der Waals surface area contributed by atoms with E-state index in [4.69, 9.17) is 5.73 Å². The molecule has 1 rings (SSSR count). The molecule has 0 aliphatic carbocycles. The quantitative estimate of drug-likeness (QED) is 0.638. The molecule has 1 nitrogen and oxygen atoms in total. The van der Waals surface area contributed by atoms with E-state index >= 15 is 0 Å². The summed E-state index contributed by atoms with van der Waals surface area (Å²) in [5.41, 5.74) is 5.05. The van der Waals surface area contributed by atoms with Gasteiger partial charge in [-0.3, -0.25) is 0 Å². The first-order valence-electron chi connectivity index (χ1n) is 3.83. The normalized spacial score (nSPS) is 9.25. The van der Waals surface area contributed by atoms with Crippen molar-refractivity contribution in [3.8, 4) is 0 Å². The summed E-state index contributed by atoms with van der Waals surface area (Å²) in [5, 5.41) is 0. The number of halogens is 1. The average Bonchev–Trinajstić information content (AvgIpc) is 2.08. The number of hydrogen-bond donors (Lipinski definition) is 1. The highest BCUT2D eigenvalue weighted by Crippen LogP contribution is 1.91. The molecule has 0 spiro atoms. The Bertz CT molecular complexity index is 206. The van der Waals surface area contributed by atoms with Crippen molar-refractivity contribution in [1.29, 1.82) is 0 Å². The van der Waals surface area contributed by atoms with Gasteiger partial charge in [0.05, 0.1) is 0 Å². The largest absolute Gasteiger partial charge is 0.327 e. The van der Waals surface area contributed by atoms with Crippen LogP contribution in [0, 0.1) is 5.82 Å². The summed E-state index contributed by atoms with van der Waals surface area (Å²) in [5.74, 6) is -0.178. The van der Waals surface area contributed by atoms with Gasteiger partial charge in [-0.2, -0.15) is 0 Å². The van der Waals surface area contributed by atoms with Gasteiger partial charge in [-0.05, 0) is 19.1 Å². The monoisotopic (exact) mass is 167 g/mol. The number of benzene rings is 1. The molecule has 0 unspecified atom stereocenters. The third-order valence-electron chi connectivity index (χ3n) is 1.10. The fourth-order valence-electron chi connectivity index (χ4n) is 0.551. The Morgan fingerprint density at radius 3 is 2.08 bits per heavy atom. The average molecular weight is 167 g/mol. The molecular formula is C10H14FN. The summed E-state index contributed by atoms with van der Waals surface area (Å²) in [7, 11) is 0. The minimum atomic E-state index is -0.178. The third kappa shape index (κ3) is 6.96. The van der Waals surface area contributed by atoms with Crippen molar-refractivity contribution in [2.75, 3.05) is 6.54 Å². The molecule has 66 valence electrons. The molecule has 0 aliphatic rings. The Balaban J connectivity index is 0.000000217. The van der Waals surface area contributed by atoms with Crippen molar-refractivity contribution in [3.63, 3.8) is 0 Å². The number of rotatable bonds is 1. The van der Waals surface area contributed by atoms with Gasteiger partial charge in [0.1, 0.15) is 5.82 Å². The van der Waals surface area contributed by atoms with Crippen molar-refractivity contribution >= 4 is 0 Å². The Hall–Kier alpha value is -1.15. The van der Waals surface area contributed by atoms with Gasteiger partial charge in [0, 0.05) is 6.54 Å². The smallest absolute Gasteiger partial charge is 0.123 e. The molecule has 2 heteroatoms. The standard InChI is InChI=1S/C6H5F.C4H9N/c7-6-4-2-1-3-5-6;1-2-3-4-5/h1-5H;2-3H,4-5H2,1H3/b;3-2-. The van der Waals surface area contributed by atoms with E-state index in [0.29, 0.717) is 6.54 Å². The molecule has 0 saturated heterocycles. The zero-order valence-electron chi connectivity index (χ0n) is 7.20. The predicted molar refractivity (Wildman–Crippen MR) is 50.3 cm³/mol. The predicted octanol–water partition coefficient (Wildman–Crippen LogP) is 2.35. The van der Waals surface area contributed by atoms with Crippen LogP contribution in [0.5, 0.6) is 0 Å². The molecule has 0 saturated carbocycles. The van der Waals surface area contributed by atoms with Crippen LogP contribution in [0.4, 0.5) is 4.39 Å². The highest BCUT2D eigenvalue weighted by molar-refractivity contribution is 5.02. The van der Waals surface area contributed by atoms with Crippen molar-refractivity contribution < 1.29 is 4.39 Å². The van der Waals surface area contributed by atoms with E-state index in [0.717, 1.165) is 0 Å². The SMILES string of the molecule is C/C=C\CN.Fc1ccccc1. The van der Waals surface area contributed by atoms with E-state index in [2.05, 4.69) is 0 Å². The number of hydrogen-bond acceptors (Lipinski definition) is 1. The van der Waals surface area contributed by atoms with E-state index in [1.165, 1.54) is 12.1 Å². The van der Waals surface area contributed by atoms with Gasteiger partial charge in [-0.1, -0.05) is 30.4 Å². The van der Waals surface area contributed by atoms with Gasteiger partial charge < -0.3 is 5.73 Å². The molecule has 0 aromatic heterocycles. The summed E-state index contributed by atoms with van der Waals surface area (Å²) >= 11 is 0. The number of nitrogens with two attached hydrogens (primary N) is 1. The molecule has 1 aromatic rings. The van der Waals surface area contributed by atoms with Crippen molar-refractivity contribution in [1.82, 2.24) is 0 Å². The van der Waals surface area contributed by atoms with Crippen LogP contribution in [0.15, 0.2) is 42.5 Å². The topological polar surface area (TPSA) is 26.0 Å². The molecular weight excluding hydrogens is 153 g/mol. The summed E-state index contributed by atoms with van der Waals surface area (Å²) in [6.07, 6.45) is 3.83. The van der Waals surface area contributed by atoms with Crippen LogP contribution < -0.4 is 5.73 Å². The molecule has 0 bridgehead atoms. The second kappa shape index (κ2) is 7.95. The first-order valence-corrected chi connectivity index (χ1v) is 3.83. The Morgan fingerprint density at radius 1 is 1.33 bits per heavy atom. The van der Waals surface area contributed by atoms with Gasteiger partial charge in [0.25, 0.3) is 0 Å². The summed E-state index contributed by atoms with van der Waals surface area (Å²) in [6.45, 7) is 2.61. The molecule has 0 fully saturated rings. The maximum absolute atomic E-state index is 11.9. The van der Waals surface area contributed by atoms with Gasteiger partial charge in [-0.15, -0.1) is 0 Å². The zero-order valence-corrected chi connectivity index (χ0v) is 7.20. The zero-order chi connectivity index (χ0) is 9.23. The lowest BCUT2D eigenvalue weighted by Gasteiger charge is -1.78. The molecule has 12 heavy (non-hydrogen) atoms. The van der Waals surface area contributed by atoms with Crippen LogP contribution in [0.3, 0.4) is 0 Å². The minimum absolute atomic E-state index is 0.178. The van der Waals surface area contributed by atoms with E-state index in [-0.39, 0.29) is 5.82 Å². The molecule has 1 aromatic carbocycles. The van der Waals surface area contributed by atoms with Gasteiger partial charge in [0.2, 0.25) is 0 Å². The lowest BCUT2D eigenvalue weighted by Crippen LogP contribution is -1.90. The number of allylic oxidation sites excluding steroid dienone is 1. The molecule has 0 atom stereocenters. The van der Waals surface area contributed by atoms with Gasteiger partial charge in [0.15, 0.2) is 0 Å². The first-order chi connectivity index (χ1) is 5.81. The Morgan fingerprint density at radius 2 is 1.92 bits per heavy atom. The van der Waals surface area contributed by atoms with Crippen LogP contribution in [0.25, 0.3) is 0 Å². The van der Waals surface area contributed by atoms with E-state index in [1.807, 2.05) is 19.1 Å². The van der Waals surface area contributed by atoms with E-state index < -0.39 is 0 Å². The molecule has 0 amide bonds. The Kier molecular flexibility index (Phi) is 7.19. The minimum Gasteiger partial charge on any atom is -0.327 e. The van der Waals surface area contributed by atoms with Crippen LogP contribution >= 0.6 is 0 Å². The van der Waals surface area contributed by atoms with Crippen molar-refractivity contribution in [2.24, 2.45) is 5.73 Å². The van der Waals surface area contributed by atoms with Crippen LogP contribution in [-0.4, -0.2) is 6.54 Å². The maximum Gasteiger partial charge on any atom is 0.123 e. The molecule has 2 N–H and O–H groups in total. The maximum atomic E-state index is 11.9. The highest BCUT2D eigenvalue weighted by atomic mass is 19.1. The third-order valence-corrected chi connectivity index (χ3v) is 1.10. The van der Waals surface area contributed by atoms with E-state index in [1.54, 1.807) is 18.2 Å². The second-order valence-corrected chi connectivity index (χ2v) is 2.10. The highest BCUT2D eigenvalue weighted by Gasteiger charge is 1.77. The first kappa shape index (κ1) is 10.8. The fraction of sp³-hybridized carbons (Fsp3) is 0.200. The van der Waals surface area contributed by atoms with Crippen LogP contribution in [0.2, 0.25) is 0 Å². The summed E-state index contributed by atoms with van der Waals surface area (Å²) < 4.78 is 11.9. The summed E-state index contributed by atoms with van der Waals surface area (Å²) in [4.78, 5) is 0. The van der Waals surface area contributed by atoms with Crippen LogP contribution in [0.1, 0.15) is 6.92 Å².